The van der Waals surface area contributed by atoms with Crippen LogP contribution in [0.5, 0.6) is 0 Å². The van der Waals surface area contributed by atoms with Crippen molar-refractivity contribution in [2.75, 3.05) is 12.4 Å². The fraction of sp³-hybridized carbons (Fsp3) is 0.889. The standard InChI is InChI=1S/C9H18O2S/c1-7(5-10)6-12-9(3)4-8(2)11/h7,9-10H,4-6H2,1-3H3. The third-order valence-corrected chi connectivity index (χ3v) is 3.05. The molecule has 0 radical (unpaired) electrons. The number of carbonyl (C=O) groups is 1. The highest BCUT2D eigenvalue weighted by atomic mass is 32.2. The van der Waals surface area contributed by atoms with E-state index < -0.39 is 0 Å². The van der Waals surface area contributed by atoms with Crippen molar-refractivity contribution in [1.82, 2.24) is 0 Å². The maximum atomic E-state index is 10.7. The number of aliphatic hydroxyl groups is 1. The molecule has 0 aliphatic carbocycles. The Labute approximate surface area is 78.7 Å². The van der Waals surface area contributed by atoms with E-state index in [0.717, 1.165) is 5.75 Å². The van der Waals surface area contributed by atoms with Crippen molar-refractivity contribution in [1.29, 1.82) is 0 Å². The molecule has 72 valence electrons. The van der Waals surface area contributed by atoms with E-state index in [2.05, 4.69) is 6.92 Å². The zero-order valence-corrected chi connectivity index (χ0v) is 8.86. The van der Waals surface area contributed by atoms with Crippen molar-refractivity contribution < 1.29 is 9.90 Å². The van der Waals surface area contributed by atoms with Gasteiger partial charge in [-0.1, -0.05) is 13.8 Å². The molecule has 2 atom stereocenters. The molecule has 0 fully saturated rings. The zero-order chi connectivity index (χ0) is 9.56. The molecule has 0 saturated carbocycles. The van der Waals surface area contributed by atoms with Crippen molar-refractivity contribution in [3.8, 4) is 0 Å². The number of hydrogen-bond acceptors (Lipinski definition) is 3. The smallest absolute Gasteiger partial charge is 0.130 e. The van der Waals surface area contributed by atoms with Crippen molar-refractivity contribution >= 4 is 17.5 Å². The Kier molecular flexibility index (Phi) is 6.48. The summed E-state index contributed by atoms with van der Waals surface area (Å²) in [4.78, 5) is 10.7. The first kappa shape index (κ1) is 12.0. The van der Waals surface area contributed by atoms with Gasteiger partial charge in [0, 0.05) is 18.3 Å². The fourth-order valence-electron chi connectivity index (χ4n) is 0.845. The van der Waals surface area contributed by atoms with Crippen LogP contribution in [0, 0.1) is 5.92 Å². The highest BCUT2D eigenvalue weighted by Crippen LogP contribution is 2.17. The second-order valence-corrected chi connectivity index (χ2v) is 4.81. The normalized spacial score (nSPS) is 15.7. The van der Waals surface area contributed by atoms with Crippen LogP contribution in [-0.4, -0.2) is 28.5 Å². The molecule has 0 rings (SSSR count). The average Bonchev–Trinajstić information content (AvgIpc) is 1.99. The lowest BCUT2D eigenvalue weighted by atomic mass is 10.2. The van der Waals surface area contributed by atoms with Gasteiger partial charge < -0.3 is 5.11 Å². The number of rotatable bonds is 6. The number of hydrogen-bond donors (Lipinski definition) is 1. The van der Waals surface area contributed by atoms with E-state index in [-0.39, 0.29) is 12.4 Å². The fourth-order valence-corrected chi connectivity index (χ4v) is 1.96. The summed E-state index contributed by atoms with van der Waals surface area (Å²) < 4.78 is 0. The van der Waals surface area contributed by atoms with Crippen molar-refractivity contribution in [3.05, 3.63) is 0 Å². The molecule has 0 amide bonds. The molecule has 0 saturated heterocycles. The minimum absolute atomic E-state index is 0.236. The lowest BCUT2D eigenvalue weighted by Gasteiger charge is -2.11. The van der Waals surface area contributed by atoms with Crippen molar-refractivity contribution in [3.63, 3.8) is 0 Å². The van der Waals surface area contributed by atoms with Crippen LogP contribution in [0.1, 0.15) is 27.2 Å². The molecule has 3 heteroatoms. The predicted molar refractivity (Wildman–Crippen MR) is 53.5 cm³/mol. The Morgan fingerprint density at radius 1 is 1.50 bits per heavy atom. The number of Topliss-reactive ketones (excluding diaryl/α,β-unsaturated/α-hetero) is 1. The first-order valence-corrected chi connectivity index (χ1v) is 5.33. The van der Waals surface area contributed by atoms with Crippen LogP contribution in [0.4, 0.5) is 0 Å². The van der Waals surface area contributed by atoms with Gasteiger partial charge in [0.25, 0.3) is 0 Å². The van der Waals surface area contributed by atoms with E-state index in [1.807, 2.05) is 6.92 Å². The first-order valence-electron chi connectivity index (χ1n) is 4.28. The largest absolute Gasteiger partial charge is 0.396 e. The molecule has 0 bridgehead atoms. The first-order chi connectivity index (χ1) is 5.56. The molecular weight excluding hydrogens is 172 g/mol. The molecule has 0 heterocycles. The lowest BCUT2D eigenvalue weighted by molar-refractivity contribution is -0.116. The van der Waals surface area contributed by atoms with E-state index in [4.69, 9.17) is 5.11 Å². The lowest BCUT2D eigenvalue weighted by Crippen LogP contribution is -2.09. The summed E-state index contributed by atoms with van der Waals surface area (Å²) in [6.45, 7) is 5.91. The van der Waals surface area contributed by atoms with Gasteiger partial charge in [-0.25, -0.2) is 0 Å². The quantitative estimate of drug-likeness (QED) is 0.693. The molecule has 0 aliphatic rings. The summed E-state index contributed by atoms with van der Waals surface area (Å²) in [5, 5.41) is 9.13. The van der Waals surface area contributed by atoms with Gasteiger partial charge in [0.15, 0.2) is 0 Å². The van der Waals surface area contributed by atoms with E-state index in [9.17, 15) is 4.79 Å². The SMILES string of the molecule is CC(=O)CC(C)SCC(C)CO. The monoisotopic (exact) mass is 190 g/mol. The Hall–Kier alpha value is -0.0200. The molecular formula is C9H18O2S. The third kappa shape index (κ3) is 6.68. The van der Waals surface area contributed by atoms with Gasteiger partial charge in [0.2, 0.25) is 0 Å². The number of thioether (sulfide) groups is 1. The third-order valence-electron chi connectivity index (χ3n) is 1.55. The van der Waals surface area contributed by atoms with E-state index in [1.54, 1.807) is 18.7 Å². The molecule has 0 aliphatic heterocycles. The highest BCUT2D eigenvalue weighted by Gasteiger charge is 2.07. The molecule has 2 nitrogen and oxygen atoms in total. The van der Waals surface area contributed by atoms with E-state index in [1.165, 1.54) is 0 Å². The Morgan fingerprint density at radius 2 is 2.08 bits per heavy atom. The molecule has 1 N–H and O–H groups in total. The van der Waals surface area contributed by atoms with Gasteiger partial charge in [0.1, 0.15) is 5.78 Å². The Morgan fingerprint density at radius 3 is 2.50 bits per heavy atom. The number of carbonyl (C=O) groups excluding carboxylic acids is 1. The maximum absolute atomic E-state index is 10.7. The average molecular weight is 190 g/mol. The molecule has 0 spiro atoms. The predicted octanol–water partition coefficient (Wildman–Crippen LogP) is 1.72. The molecule has 12 heavy (non-hydrogen) atoms. The number of ketones is 1. The summed E-state index contributed by atoms with van der Waals surface area (Å²) in [6.07, 6.45) is 0.642. The van der Waals surface area contributed by atoms with Gasteiger partial charge in [-0.3, -0.25) is 4.79 Å². The zero-order valence-electron chi connectivity index (χ0n) is 8.04. The van der Waals surface area contributed by atoms with Gasteiger partial charge in [0.05, 0.1) is 0 Å². The summed E-state index contributed by atoms with van der Waals surface area (Å²) in [7, 11) is 0. The molecule has 0 aromatic rings. The topological polar surface area (TPSA) is 37.3 Å². The maximum Gasteiger partial charge on any atom is 0.130 e. The van der Waals surface area contributed by atoms with Crippen molar-refractivity contribution in [2.45, 2.75) is 32.4 Å². The van der Waals surface area contributed by atoms with Gasteiger partial charge in [-0.2, -0.15) is 11.8 Å². The van der Waals surface area contributed by atoms with Crippen LogP contribution in [0.15, 0.2) is 0 Å². The minimum atomic E-state index is 0.236. The van der Waals surface area contributed by atoms with Crippen LogP contribution in [0.2, 0.25) is 0 Å². The van der Waals surface area contributed by atoms with Gasteiger partial charge in [-0.15, -0.1) is 0 Å². The van der Waals surface area contributed by atoms with E-state index in [0.29, 0.717) is 17.6 Å². The Balaban J connectivity index is 3.43. The van der Waals surface area contributed by atoms with Gasteiger partial charge in [-0.05, 0) is 18.6 Å². The second-order valence-electron chi connectivity index (χ2n) is 3.34. The van der Waals surface area contributed by atoms with E-state index >= 15 is 0 Å². The van der Waals surface area contributed by atoms with Crippen molar-refractivity contribution in [2.24, 2.45) is 5.92 Å². The number of aliphatic hydroxyl groups excluding tert-OH is 1. The molecule has 0 aromatic carbocycles. The summed E-state index contributed by atoms with van der Waals surface area (Å²) in [6, 6.07) is 0. The summed E-state index contributed by atoms with van der Waals surface area (Å²) in [5.41, 5.74) is 0. The van der Waals surface area contributed by atoms with Crippen LogP contribution in [0.25, 0.3) is 0 Å². The van der Waals surface area contributed by atoms with Gasteiger partial charge >= 0.3 is 0 Å². The van der Waals surface area contributed by atoms with Crippen LogP contribution < -0.4 is 0 Å². The van der Waals surface area contributed by atoms with Crippen LogP contribution in [-0.2, 0) is 4.79 Å². The van der Waals surface area contributed by atoms with Crippen LogP contribution >= 0.6 is 11.8 Å². The molecule has 2 unspecified atom stereocenters. The summed E-state index contributed by atoms with van der Waals surface area (Å²) in [5.74, 6) is 1.52. The highest BCUT2D eigenvalue weighted by molar-refractivity contribution is 7.99. The molecule has 0 aromatic heterocycles. The Bertz CT molecular complexity index is 136. The van der Waals surface area contributed by atoms with Crippen LogP contribution in [0.3, 0.4) is 0 Å². The minimum Gasteiger partial charge on any atom is -0.396 e. The second kappa shape index (κ2) is 6.49. The summed E-state index contributed by atoms with van der Waals surface area (Å²) >= 11 is 1.76.